The van der Waals surface area contributed by atoms with E-state index in [1.165, 1.54) is 0 Å². The van der Waals surface area contributed by atoms with E-state index in [2.05, 4.69) is 24.1 Å². The first-order chi connectivity index (χ1) is 8.86. The second kappa shape index (κ2) is 7.64. The van der Waals surface area contributed by atoms with Crippen LogP contribution in [0, 0.1) is 5.92 Å². The molecule has 1 rings (SSSR count). The zero-order valence-corrected chi connectivity index (χ0v) is 14.0. The highest BCUT2D eigenvalue weighted by molar-refractivity contribution is 7.98. The number of carbonyl (C=O) groups excluding carboxylic acids is 1. The molecule has 1 aliphatic heterocycles. The highest BCUT2D eigenvalue weighted by Gasteiger charge is 2.30. The van der Waals surface area contributed by atoms with Crippen molar-refractivity contribution in [2.75, 3.05) is 43.1 Å². The second-order valence-corrected chi connectivity index (χ2v) is 8.33. The zero-order valence-electron chi connectivity index (χ0n) is 12.4. The van der Waals surface area contributed by atoms with Crippen LogP contribution in [0.25, 0.3) is 0 Å². The lowest BCUT2D eigenvalue weighted by Gasteiger charge is -2.40. The minimum Gasteiger partial charge on any atom is -0.354 e. The molecule has 0 bridgehead atoms. The van der Waals surface area contributed by atoms with Crippen LogP contribution in [0.5, 0.6) is 0 Å². The van der Waals surface area contributed by atoms with Gasteiger partial charge in [-0.1, -0.05) is 6.92 Å². The molecule has 0 aromatic rings. The summed E-state index contributed by atoms with van der Waals surface area (Å²) in [5.74, 6) is 2.54. The largest absolute Gasteiger partial charge is 0.354 e. The highest BCUT2D eigenvalue weighted by atomic mass is 32.2. The fraction of sp³-hybridized carbons (Fsp3) is 0.923. The Hall–Kier alpha value is -0.0700. The van der Waals surface area contributed by atoms with Crippen molar-refractivity contribution in [2.45, 2.75) is 26.3 Å². The maximum absolute atomic E-state index is 11.9. The minimum absolute atomic E-state index is 0.0552. The Bertz CT molecular complexity index is 325. The molecule has 0 aromatic heterocycles. The van der Waals surface area contributed by atoms with Crippen molar-refractivity contribution in [2.24, 2.45) is 5.92 Å². The molecular weight excluding hydrogens is 280 g/mol. The van der Waals surface area contributed by atoms with Gasteiger partial charge in [-0.2, -0.15) is 11.8 Å². The molecule has 1 aliphatic rings. The van der Waals surface area contributed by atoms with Gasteiger partial charge in [0.25, 0.3) is 0 Å². The predicted molar refractivity (Wildman–Crippen MR) is 84.1 cm³/mol. The molecule has 1 amide bonds. The van der Waals surface area contributed by atoms with Crippen molar-refractivity contribution in [1.29, 1.82) is 0 Å². The number of carbonyl (C=O) groups is 1. The first-order valence-electron chi connectivity index (χ1n) is 6.73. The van der Waals surface area contributed by atoms with E-state index in [1.54, 1.807) is 11.8 Å². The summed E-state index contributed by atoms with van der Waals surface area (Å²) in [5.41, 5.74) is -0.0701. The standard InChI is InChI=1S/C13H26N2O2S2/c1-11(9-18-4)12(16)14-10-13(2,3)15-5-7-19(17)8-6-15/h11H,5-10H2,1-4H3,(H,14,16)/t11-/m1/s1. The number of rotatable bonds is 6. The summed E-state index contributed by atoms with van der Waals surface area (Å²) >= 11 is 1.69. The molecule has 19 heavy (non-hydrogen) atoms. The third-order valence-electron chi connectivity index (χ3n) is 3.59. The van der Waals surface area contributed by atoms with Crippen LogP contribution < -0.4 is 5.32 Å². The Morgan fingerprint density at radius 3 is 2.53 bits per heavy atom. The van der Waals surface area contributed by atoms with Crippen LogP contribution in [0.2, 0.25) is 0 Å². The van der Waals surface area contributed by atoms with Crippen LogP contribution in [0.15, 0.2) is 0 Å². The van der Waals surface area contributed by atoms with E-state index >= 15 is 0 Å². The Kier molecular flexibility index (Phi) is 6.83. The van der Waals surface area contributed by atoms with Gasteiger partial charge in [0.05, 0.1) is 0 Å². The average Bonchev–Trinajstić information content (AvgIpc) is 2.37. The molecule has 112 valence electrons. The lowest BCUT2D eigenvalue weighted by molar-refractivity contribution is -0.124. The van der Waals surface area contributed by atoms with Gasteiger partial charge in [0.2, 0.25) is 5.91 Å². The van der Waals surface area contributed by atoms with E-state index < -0.39 is 10.8 Å². The van der Waals surface area contributed by atoms with Gasteiger partial charge in [0, 0.05) is 59.1 Å². The van der Waals surface area contributed by atoms with Crippen molar-refractivity contribution in [3.05, 3.63) is 0 Å². The van der Waals surface area contributed by atoms with Crippen molar-refractivity contribution < 1.29 is 9.00 Å². The van der Waals surface area contributed by atoms with Gasteiger partial charge in [0.15, 0.2) is 0 Å². The van der Waals surface area contributed by atoms with Crippen LogP contribution in [0.3, 0.4) is 0 Å². The first kappa shape index (κ1) is 17.0. The summed E-state index contributed by atoms with van der Waals surface area (Å²) in [6.07, 6.45) is 2.02. The Labute approximate surface area is 123 Å². The van der Waals surface area contributed by atoms with E-state index in [9.17, 15) is 9.00 Å². The van der Waals surface area contributed by atoms with Gasteiger partial charge < -0.3 is 5.32 Å². The fourth-order valence-electron chi connectivity index (χ4n) is 2.16. The second-order valence-electron chi connectivity index (χ2n) is 5.72. The number of amides is 1. The van der Waals surface area contributed by atoms with Gasteiger partial charge in [0.1, 0.15) is 0 Å². The Balaban J connectivity index is 2.41. The normalized spacial score (nSPS) is 20.2. The van der Waals surface area contributed by atoms with Crippen LogP contribution in [0.1, 0.15) is 20.8 Å². The maximum atomic E-state index is 11.9. The number of nitrogens with one attached hydrogen (secondary N) is 1. The highest BCUT2D eigenvalue weighted by Crippen LogP contribution is 2.16. The summed E-state index contributed by atoms with van der Waals surface area (Å²) in [5, 5.41) is 3.05. The monoisotopic (exact) mass is 306 g/mol. The van der Waals surface area contributed by atoms with Gasteiger partial charge >= 0.3 is 0 Å². The van der Waals surface area contributed by atoms with Crippen LogP contribution in [-0.2, 0) is 15.6 Å². The third-order valence-corrected chi connectivity index (χ3v) is 5.70. The van der Waals surface area contributed by atoms with Crippen molar-refractivity contribution in [3.8, 4) is 0 Å². The van der Waals surface area contributed by atoms with E-state index in [0.29, 0.717) is 6.54 Å². The van der Waals surface area contributed by atoms with Crippen molar-refractivity contribution >= 4 is 28.5 Å². The maximum Gasteiger partial charge on any atom is 0.223 e. The quantitative estimate of drug-likeness (QED) is 0.794. The van der Waals surface area contributed by atoms with Gasteiger partial charge in [-0.3, -0.25) is 13.9 Å². The molecule has 6 heteroatoms. The molecule has 0 radical (unpaired) electrons. The van der Waals surface area contributed by atoms with Gasteiger partial charge in [-0.25, -0.2) is 0 Å². The lowest BCUT2D eigenvalue weighted by atomic mass is 10.0. The summed E-state index contributed by atoms with van der Waals surface area (Å²) < 4.78 is 11.4. The van der Waals surface area contributed by atoms with Crippen LogP contribution in [0.4, 0.5) is 0 Å². The minimum atomic E-state index is -0.650. The van der Waals surface area contributed by atoms with Crippen molar-refractivity contribution in [3.63, 3.8) is 0 Å². The number of hydrogen-bond acceptors (Lipinski definition) is 4. The average molecular weight is 306 g/mol. The molecule has 0 saturated carbocycles. The molecule has 4 nitrogen and oxygen atoms in total. The zero-order chi connectivity index (χ0) is 14.5. The molecule has 1 N–H and O–H groups in total. The fourth-order valence-corrected chi connectivity index (χ4v) is 3.86. The first-order valence-corrected chi connectivity index (χ1v) is 9.61. The topological polar surface area (TPSA) is 49.4 Å². The third kappa shape index (κ3) is 5.44. The molecule has 0 unspecified atom stereocenters. The number of thioether (sulfide) groups is 1. The molecule has 0 spiro atoms. The summed E-state index contributed by atoms with van der Waals surface area (Å²) in [7, 11) is -0.650. The van der Waals surface area contributed by atoms with Crippen molar-refractivity contribution in [1.82, 2.24) is 10.2 Å². The number of hydrogen-bond donors (Lipinski definition) is 1. The van der Waals surface area contributed by atoms with E-state index in [0.717, 1.165) is 30.3 Å². The summed E-state index contributed by atoms with van der Waals surface area (Å²) in [4.78, 5) is 14.3. The molecule has 0 aromatic carbocycles. The molecule has 1 atom stereocenters. The Morgan fingerprint density at radius 2 is 2.00 bits per heavy atom. The number of nitrogens with zero attached hydrogens (tertiary/aromatic N) is 1. The van der Waals surface area contributed by atoms with Crippen LogP contribution >= 0.6 is 11.8 Å². The summed E-state index contributed by atoms with van der Waals surface area (Å²) in [6, 6.07) is 0. The molecule has 1 heterocycles. The van der Waals surface area contributed by atoms with E-state index in [-0.39, 0.29) is 17.4 Å². The lowest BCUT2D eigenvalue weighted by Crippen LogP contribution is -2.56. The predicted octanol–water partition coefficient (Wildman–Crippen LogP) is 0.945. The molecule has 1 saturated heterocycles. The Morgan fingerprint density at radius 1 is 1.42 bits per heavy atom. The molecule has 1 fully saturated rings. The molecule has 0 aliphatic carbocycles. The van der Waals surface area contributed by atoms with E-state index in [4.69, 9.17) is 0 Å². The van der Waals surface area contributed by atoms with Crippen LogP contribution in [-0.4, -0.2) is 63.7 Å². The smallest absolute Gasteiger partial charge is 0.223 e. The van der Waals surface area contributed by atoms with Gasteiger partial charge in [-0.05, 0) is 20.1 Å². The molecular formula is C13H26N2O2S2. The SMILES string of the molecule is CSC[C@@H](C)C(=O)NCC(C)(C)N1CCS(=O)CC1. The summed E-state index contributed by atoms with van der Waals surface area (Å²) in [6.45, 7) is 8.60. The van der Waals surface area contributed by atoms with E-state index in [1.807, 2.05) is 13.2 Å². The van der Waals surface area contributed by atoms with Gasteiger partial charge in [-0.15, -0.1) is 0 Å².